The monoisotopic (exact) mass is 375 g/mol. The minimum Gasteiger partial charge on any atom is -0.465 e. The Labute approximate surface area is 160 Å². The molecule has 0 aromatic heterocycles. The highest BCUT2D eigenvalue weighted by molar-refractivity contribution is 6.01. The van der Waals surface area contributed by atoms with Crippen LogP contribution in [0.1, 0.15) is 51.2 Å². The van der Waals surface area contributed by atoms with Gasteiger partial charge < -0.3 is 10.1 Å². The van der Waals surface area contributed by atoms with Crippen LogP contribution in [-0.4, -0.2) is 30.1 Å². The first kappa shape index (κ1) is 22.3. The molecule has 0 saturated carbocycles. The van der Waals surface area contributed by atoms with Crippen molar-refractivity contribution < 1.29 is 19.1 Å². The van der Waals surface area contributed by atoms with Crippen LogP contribution < -0.4 is 10.7 Å². The molecule has 0 radical (unpaired) electrons. The largest absolute Gasteiger partial charge is 0.465 e. The summed E-state index contributed by atoms with van der Waals surface area (Å²) in [4.78, 5) is 35.8. The van der Waals surface area contributed by atoms with Gasteiger partial charge in [-0.15, -0.1) is 0 Å². The lowest BCUT2D eigenvalue weighted by atomic mass is 10.0. The van der Waals surface area contributed by atoms with E-state index in [1.54, 1.807) is 13.8 Å². The minimum absolute atomic E-state index is 0.00369. The van der Waals surface area contributed by atoms with E-state index in [2.05, 4.69) is 15.8 Å². The first-order valence-electron chi connectivity index (χ1n) is 9.15. The molecule has 1 aromatic carbocycles. The van der Waals surface area contributed by atoms with E-state index < -0.39 is 5.92 Å². The second kappa shape index (κ2) is 11.1. The van der Waals surface area contributed by atoms with Crippen molar-refractivity contribution in [1.29, 1.82) is 0 Å². The maximum Gasteiger partial charge on any atom is 0.314 e. The molecule has 0 aliphatic carbocycles. The number of aryl methyl sites for hydroxylation is 2. The molecule has 0 heterocycles. The summed E-state index contributed by atoms with van der Waals surface area (Å²) in [5.41, 5.74) is 5.69. The molecule has 2 N–H and O–H groups in total. The number of carbonyl (C=O) groups excluding carboxylic acids is 3. The summed E-state index contributed by atoms with van der Waals surface area (Å²) in [6.45, 7) is 9.45. The van der Waals surface area contributed by atoms with E-state index in [0.717, 1.165) is 16.8 Å². The molecule has 7 heteroatoms. The highest BCUT2D eigenvalue weighted by atomic mass is 16.5. The third-order valence-electron chi connectivity index (χ3n) is 4.08. The summed E-state index contributed by atoms with van der Waals surface area (Å²) in [7, 11) is 0. The lowest BCUT2D eigenvalue weighted by molar-refractivity contribution is -0.145. The number of rotatable bonds is 9. The molecule has 0 aliphatic heterocycles. The number of hydrogen-bond donors (Lipinski definition) is 2. The van der Waals surface area contributed by atoms with Crippen LogP contribution in [0.4, 0.5) is 5.69 Å². The Bertz CT molecular complexity index is 713. The van der Waals surface area contributed by atoms with Crippen LogP contribution in [0, 0.1) is 19.8 Å². The molecular weight excluding hydrogens is 346 g/mol. The van der Waals surface area contributed by atoms with Crippen LogP contribution in [-0.2, 0) is 19.1 Å². The molecule has 0 unspecified atom stereocenters. The van der Waals surface area contributed by atoms with Gasteiger partial charge in [0.1, 0.15) is 0 Å². The zero-order valence-electron chi connectivity index (χ0n) is 16.7. The van der Waals surface area contributed by atoms with E-state index >= 15 is 0 Å². The van der Waals surface area contributed by atoms with Gasteiger partial charge in [0.2, 0.25) is 11.8 Å². The van der Waals surface area contributed by atoms with Gasteiger partial charge in [-0.05, 0) is 45.7 Å². The molecule has 0 aliphatic rings. The average molecular weight is 375 g/mol. The zero-order chi connectivity index (χ0) is 20.4. The number of hydrazone groups is 1. The Morgan fingerprint density at radius 1 is 1.11 bits per heavy atom. The number of nitrogens with zero attached hydrogens (tertiary/aromatic N) is 1. The number of nitrogens with one attached hydrogen (secondary N) is 2. The van der Waals surface area contributed by atoms with Gasteiger partial charge in [0.15, 0.2) is 0 Å². The molecule has 0 bridgehead atoms. The van der Waals surface area contributed by atoms with Crippen molar-refractivity contribution in [3.8, 4) is 0 Å². The molecule has 1 aromatic rings. The topological polar surface area (TPSA) is 96.9 Å². The maximum absolute atomic E-state index is 12.0. The van der Waals surface area contributed by atoms with E-state index in [9.17, 15) is 14.4 Å². The number of esters is 1. The smallest absolute Gasteiger partial charge is 0.314 e. The van der Waals surface area contributed by atoms with Gasteiger partial charge in [-0.1, -0.05) is 24.6 Å². The first-order chi connectivity index (χ1) is 12.8. The van der Waals surface area contributed by atoms with Gasteiger partial charge in [-0.2, -0.15) is 5.10 Å². The Balaban J connectivity index is 2.49. The molecule has 0 spiro atoms. The van der Waals surface area contributed by atoms with E-state index in [4.69, 9.17) is 4.74 Å². The number of hydrogen-bond acceptors (Lipinski definition) is 5. The average Bonchev–Trinajstić information content (AvgIpc) is 2.61. The van der Waals surface area contributed by atoms with Crippen LogP contribution in [0.5, 0.6) is 0 Å². The first-order valence-corrected chi connectivity index (χ1v) is 9.15. The van der Waals surface area contributed by atoms with Gasteiger partial charge in [-0.3, -0.25) is 14.4 Å². The second-order valence-corrected chi connectivity index (χ2v) is 6.37. The highest BCUT2D eigenvalue weighted by Crippen LogP contribution is 2.16. The van der Waals surface area contributed by atoms with Crippen LogP contribution in [0.2, 0.25) is 0 Å². The van der Waals surface area contributed by atoms with Crippen molar-refractivity contribution in [1.82, 2.24) is 5.43 Å². The van der Waals surface area contributed by atoms with Crippen LogP contribution >= 0.6 is 0 Å². The van der Waals surface area contributed by atoms with Crippen molar-refractivity contribution in [2.75, 3.05) is 11.9 Å². The molecule has 0 saturated heterocycles. The van der Waals surface area contributed by atoms with E-state index in [-0.39, 0.29) is 30.6 Å². The van der Waals surface area contributed by atoms with Crippen molar-refractivity contribution in [3.05, 3.63) is 29.3 Å². The SMILES string of the molecule is CCOC(=O)[C@H](CC)/C(C)=N\NC(=O)CCC(=O)Nc1ccc(C)cc1C. The molecule has 0 fully saturated rings. The highest BCUT2D eigenvalue weighted by Gasteiger charge is 2.21. The Morgan fingerprint density at radius 2 is 1.78 bits per heavy atom. The fraction of sp³-hybridized carbons (Fsp3) is 0.500. The van der Waals surface area contributed by atoms with E-state index in [1.807, 2.05) is 39.0 Å². The van der Waals surface area contributed by atoms with Crippen molar-refractivity contribution in [2.45, 2.75) is 53.9 Å². The normalized spacial score (nSPS) is 12.3. The summed E-state index contributed by atoms with van der Waals surface area (Å²) in [6, 6.07) is 5.74. The summed E-state index contributed by atoms with van der Waals surface area (Å²) >= 11 is 0. The number of ether oxygens (including phenoxy) is 1. The number of anilines is 1. The summed E-state index contributed by atoms with van der Waals surface area (Å²) in [5.74, 6) is -1.47. The van der Waals surface area contributed by atoms with Crippen LogP contribution in [0.3, 0.4) is 0 Å². The zero-order valence-corrected chi connectivity index (χ0v) is 16.7. The standard InChI is InChI=1S/C20H29N3O4/c1-6-16(20(26)27-7-2)15(5)22-23-19(25)11-10-18(24)21-17-9-8-13(3)12-14(17)4/h8-9,12,16H,6-7,10-11H2,1-5H3,(H,21,24)(H,23,25)/b22-15-/t16-/m1/s1. The Kier molecular flexibility index (Phi) is 9.19. The van der Waals surface area contributed by atoms with Crippen molar-refractivity contribution >= 4 is 29.2 Å². The van der Waals surface area contributed by atoms with Gasteiger partial charge in [0.05, 0.1) is 12.5 Å². The predicted octanol–water partition coefficient (Wildman–Crippen LogP) is 3.10. The number of amides is 2. The van der Waals surface area contributed by atoms with Crippen molar-refractivity contribution in [3.63, 3.8) is 0 Å². The maximum atomic E-state index is 12.0. The molecule has 2 amide bonds. The van der Waals surface area contributed by atoms with Gasteiger partial charge in [0, 0.05) is 24.2 Å². The molecule has 27 heavy (non-hydrogen) atoms. The molecule has 1 rings (SSSR count). The van der Waals surface area contributed by atoms with Gasteiger partial charge in [-0.25, -0.2) is 5.43 Å². The summed E-state index contributed by atoms with van der Waals surface area (Å²) in [6.07, 6.45) is 0.578. The minimum atomic E-state index is -0.488. The lowest BCUT2D eigenvalue weighted by Gasteiger charge is -2.13. The van der Waals surface area contributed by atoms with Gasteiger partial charge >= 0.3 is 5.97 Å². The van der Waals surface area contributed by atoms with Crippen LogP contribution in [0.15, 0.2) is 23.3 Å². The number of benzene rings is 1. The number of carbonyl (C=O) groups is 3. The predicted molar refractivity (Wildman–Crippen MR) is 105 cm³/mol. The molecule has 7 nitrogen and oxygen atoms in total. The molecular formula is C20H29N3O4. The van der Waals surface area contributed by atoms with Crippen molar-refractivity contribution in [2.24, 2.45) is 11.0 Å². The lowest BCUT2D eigenvalue weighted by Crippen LogP contribution is -2.27. The van der Waals surface area contributed by atoms with E-state index in [0.29, 0.717) is 18.7 Å². The Morgan fingerprint density at radius 3 is 2.37 bits per heavy atom. The molecule has 148 valence electrons. The third kappa shape index (κ3) is 7.60. The van der Waals surface area contributed by atoms with Gasteiger partial charge in [0.25, 0.3) is 0 Å². The Hall–Kier alpha value is -2.70. The third-order valence-corrected chi connectivity index (χ3v) is 4.08. The molecule has 1 atom stereocenters. The summed E-state index contributed by atoms with van der Waals surface area (Å²) < 4.78 is 4.99. The second-order valence-electron chi connectivity index (χ2n) is 6.37. The van der Waals surface area contributed by atoms with Crippen LogP contribution in [0.25, 0.3) is 0 Å². The quantitative estimate of drug-likeness (QED) is 0.394. The summed E-state index contributed by atoms with van der Waals surface area (Å²) in [5, 5.41) is 6.77. The fourth-order valence-electron chi connectivity index (χ4n) is 2.55. The fourth-order valence-corrected chi connectivity index (χ4v) is 2.55. The van der Waals surface area contributed by atoms with E-state index in [1.165, 1.54) is 0 Å².